The Hall–Kier alpha value is -1.60. The molecule has 25 heavy (non-hydrogen) atoms. The average Bonchev–Trinajstić information content (AvgIpc) is 2.83. The number of likely N-dealkylation sites (tertiary alicyclic amines) is 1. The number of nitrogens with zero attached hydrogens (tertiary/aromatic N) is 1. The van der Waals surface area contributed by atoms with Crippen LogP contribution in [0.4, 0.5) is 0 Å². The highest BCUT2D eigenvalue weighted by Gasteiger charge is 2.35. The maximum Gasteiger partial charge on any atom is 0.0159 e. The Morgan fingerprint density at radius 1 is 0.920 bits per heavy atom. The molecule has 1 nitrogen and oxygen atoms in total. The Labute approximate surface area is 153 Å². The van der Waals surface area contributed by atoms with E-state index in [0.717, 1.165) is 0 Å². The predicted molar refractivity (Wildman–Crippen MR) is 107 cm³/mol. The molecule has 0 N–H and O–H groups in total. The number of rotatable bonds is 3. The third-order valence-electron chi connectivity index (χ3n) is 6.41. The van der Waals surface area contributed by atoms with E-state index in [1.807, 2.05) is 0 Å². The molecule has 1 aliphatic carbocycles. The fourth-order valence-corrected chi connectivity index (χ4v) is 4.81. The van der Waals surface area contributed by atoms with Crippen LogP contribution < -0.4 is 0 Å². The van der Waals surface area contributed by atoms with Crippen LogP contribution in [-0.4, -0.2) is 24.5 Å². The van der Waals surface area contributed by atoms with Crippen LogP contribution in [0.25, 0.3) is 11.1 Å². The van der Waals surface area contributed by atoms with Gasteiger partial charge in [-0.25, -0.2) is 0 Å². The van der Waals surface area contributed by atoms with E-state index < -0.39 is 0 Å². The van der Waals surface area contributed by atoms with E-state index in [0.29, 0.717) is 5.92 Å². The predicted octanol–water partition coefficient (Wildman–Crippen LogP) is 5.89. The van der Waals surface area contributed by atoms with Crippen LogP contribution in [0, 0.1) is 6.92 Å². The van der Waals surface area contributed by atoms with E-state index in [1.165, 1.54) is 72.3 Å². The van der Waals surface area contributed by atoms with Crippen LogP contribution in [-0.2, 0) is 5.41 Å². The van der Waals surface area contributed by atoms with Gasteiger partial charge in [-0.1, -0.05) is 69.2 Å². The molecular weight excluding hydrogens is 302 g/mol. The molecular formula is C24H31N. The van der Waals surface area contributed by atoms with Crippen molar-refractivity contribution in [2.75, 3.05) is 19.6 Å². The first-order chi connectivity index (χ1) is 12.0. The van der Waals surface area contributed by atoms with Gasteiger partial charge in [0.15, 0.2) is 0 Å². The molecule has 2 aromatic rings. The summed E-state index contributed by atoms with van der Waals surface area (Å²) in [7, 11) is 0. The maximum atomic E-state index is 2.66. The number of benzene rings is 2. The van der Waals surface area contributed by atoms with Crippen LogP contribution in [0.1, 0.15) is 68.2 Å². The largest absolute Gasteiger partial charge is 0.303 e. The van der Waals surface area contributed by atoms with Gasteiger partial charge in [0.1, 0.15) is 0 Å². The van der Waals surface area contributed by atoms with Crippen molar-refractivity contribution in [3.8, 4) is 11.1 Å². The normalized spacial score (nSPS) is 20.2. The average molecular weight is 334 g/mol. The van der Waals surface area contributed by atoms with E-state index >= 15 is 0 Å². The van der Waals surface area contributed by atoms with Gasteiger partial charge in [-0.2, -0.15) is 0 Å². The SMILES string of the molecule is Cc1ccc2c(c1)C(C)(C)c1cc(C(C)CN3CCCCC3)ccc1-2. The zero-order valence-electron chi connectivity index (χ0n) is 16.2. The fourth-order valence-electron chi connectivity index (χ4n) is 4.81. The smallest absolute Gasteiger partial charge is 0.0159 e. The zero-order chi connectivity index (χ0) is 17.6. The van der Waals surface area contributed by atoms with E-state index in [2.05, 4.69) is 69.0 Å². The lowest BCUT2D eigenvalue weighted by Gasteiger charge is -2.30. The van der Waals surface area contributed by atoms with E-state index in [9.17, 15) is 0 Å². The molecule has 0 aromatic heterocycles. The van der Waals surface area contributed by atoms with Crippen LogP contribution in [0.15, 0.2) is 36.4 Å². The molecule has 1 heteroatoms. The van der Waals surface area contributed by atoms with Crippen molar-refractivity contribution in [1.82, 2.24) is 4.90 Å². The highest BCUT2D eigenvalue weighted by atomic mass is 15.1. The summed E-state index contributed by atoms with van der Waals surface area (Å²) in [6, 6.07) is 14.2. The second-order valence-corrected chi connectivity index (χ2v) is 8.74. The van der Waals surface area contributed by atoms with Crippen molar-refractivity contribution in [2.45, 2.75) is 58.3 Å². The van der Waals surface area contributed by atoms with Crippen molar-refractivity contribution in [3.05, 3.63) is 58.7 Å². The first-order valence-electron chi connectivity index (χ1n) is 9.95. The standard InChI is InChI=1S/C24H31N/c1-17-8-10-20-21-11-9-19(15-23(21)24(3,4)22(20)14-17)18(2)16-25-12-6-5-7-13-25/h8-11,14-15,18H,5-7,12-13,16H2,1-4H3. The molecule has 1 fully saturated rings. The minimum absolute atomic E-state index is 0.109. The highest BCUT2D eigenvalue weighted by molar-refractivity contribution is 5.81. The second-order valence-electron chi connectivity index (χ2n) is 8.74. The van der Waals surface area contributed by atoms with Crippen molar-refractivity contribution in [2.24, 2.45) is 0 Å². The summed E-state index contributed by atoms with van der Waals surface area (Å²) in [5.41, 5.74) is 8.84. The number of fused-ring (bicyclic) bond motifs is 3. The summed E-state index contributed by atoms with van der Waals surface area (Å²) in [6.07, 6.45) is 4.16. The molecule has 0 radical (unpaired) electrons. The molecule has 0 bridgehead atoms. The molecule has 1 aliphatic heterocycles. The Bertz CT molecular complexity index is 781. The zero-order valence-corrected chi connectivity index (χ0v) is 16.2. The molecule has 0 amide bonds. The van der Waals surface area contributed by atoms with Crippen LogP contribution >= 0.6 is 0 Å². The molecule has 2 aromatic carbocycles. The number of piperidine rings is 1. The van der Waals surface area contributed by atoms with Gasteiger partial charge in [-0.05, 0) is 66.6 Å². The third kappa shape index (κ3) is 2.93. The number of hydrogen-bond acceptors (Lipinski definition) is 1. The number of aryl methyl sites for hydroxylation is 1. The van der Waals surface area contributed by atoms with Crippen molar-refractivity contribution in [3.63, 3.8) is 0 Å². The molecule has 2 aliphatic rings. The summed E-state index contributed by atoms with van der Waals surface area (Å²) < 4.78 is 0. The third-order valence-corrected chi connectivity index (χ3v) is 6.41. The summed E-state index contributed by atoms with van der Waals surface area (Å²) in [4.78, 5) is 2.66. The van der Waals surface area contributed by atoms with Crippen molar-refractivity contribution < 1.29 is 0 Å². The Morgan fingerprint density at radius 3 is 2.28 bits per heavy atom. The summed E-state index contributed by atoms with van der Waals surface area (Å²) in [5, 5.41) is 0. The molecule has 1 unspecified atom stereocenters. The molecule has 0 saturated carbocycles. The Kier molecular flexibility index (Phi) is 4.24. The molecule has 1 saturated heterocycles. The van der Waals surface area contributed by atoms with E-state index in [-0.39, 0.29) is 5.41 Å². The highest BCUT2D eigenvalue weighted by Crippen LogP contribution is 2.49. The van der Waals surface area contributed by atoms with E-state index in [4.69, 9.17) is 0 Å². The van der Waals surface area contributed by atoms with Crippen LogP contribution in [0.2, 0.25) is 0 Å². The van der Waals surface area contributed by atoms with Crippen molar-refractivity contribution in [1.29, 1.82) is 0 Å². The molecule has 1 atom stereocenters. The monoisotopic (exact) mass is 333 g/mol. The first kappa shape index (κ1) is 16.8. The summed E-state index contributed by atoms with van der Waals surface area (Å²) >= 11 is 0. The van der Waals surface area contributed by atoms with E-state index in [1.54, 1.807) is 0 Å². The van der Waals surface area contributed by atoms with Crippen molar-refractivity contribution >= 4 is 0 Å². The Balaban J connectivity index is 1.65. The van der Waals surface area contributed by atoms with Crippen LogP contribution in [0.3, 0.4) is 0 Å². The summed E-state index contributed by atoms with van der Waals surface area (Å²) in [5.74, 6) is 0.602. The summed E-state index contributed by atoms with van der Waals surface area (Å²) in [6.45, 7) is 13.1. The van der Waals surface area contributed by atoms with Gasteiger partial charge in [0, 0.05) is 12.0 Å². The maximum absolute atomic E-state index is 2.66. The van der Waals surface area contributed by atoms with Gasteiger partial charge in [0.05, 0.1) is 0 Å². The van der Waals surface area contributed by atoms with Gasteiger partial charge >= 0.3 is 0 Å². The van der Waals surface area contributed by atoms with Gasteiger partial charge in [0.2, 0.25) is 0 Å². The number of hydrogen-bond donors (Lipinski definition) is 0. The van der Waals surface area contributed by atoms with Gasteiger partial charge < -0.3 is 4.90 Å². The quantitative estimate of drug-likeness (QED) is 0.677. The molecule has 0 spiro atoms. The lowest BCUT2D eigenvalue weighted by Crippen LogP contribution is -2.32. The first-order valence-corrected chi connectivity index (χ1v) is 9.95. The molecule has 132 valence electrons. The van der Waals surface area contributed by atoms with Gasteiger partial charge in [-0.15, -0.1) is 0 Å². The second kappa shape index (κ2) is 6.29. The topological polar surface area (TPSA) is 3.24 Å². The minimum atomic E-state index is 0.109. The van der Waals surface area contributed by atoms with Gasteiger partial charge in [0.25, 0.3) is 0 Å². The van der Waals surface area contributed by atoms with Gasteiger partial charge in [-0.3, -0.25) is 0 Å². The van der Waals surface area contributed by atoms with Crippen LogP contribution in [0.5, 0.6) is 0 Å². The molecule has 4 rings (SSSR count). The Morgan fingerprint density at radius 2 is 1.56 bits per heavy atom. The minimum Gasteiger partial charge on any atom is -0.303 e. The molecule has 1 heterocycles. The lowest BCUT2D eigenvalue weighted by molar-refractivity contribution is 0.219. The lowest BCUT2D eigenvalue weighted by atomic mass is 9.81. The fraction of sp³-hybridized carbons (Fsp3) is 0.500.